The summed E-state index contributed by atoms with van der Waals surface area (Å²) in [5.74, 6) is 0.614. The highest BCUT2D eigenvalue weighted by atomic mass is 35.5. The van der Waals surface area contributed by atoms with Crippen molar-refractivity contribution in [2.45, 2.75) is 0 Å². The van der Waals surface area contributed by atoms with Crippen molar-refractivity contribution in [3.63, 3.8) is 0 Å². The topological polar surface area (TPSA) is 57.2 Å². The molecule has 0 aliphatic rings. The minimum Gasteiger partial charge on any atom is -0.496 e. The molecule has 23 heavy (non-hydrogen) atoms. The van der Waals surface area contributed by atoms with E-state index in [1.165, 1.54) is 3.97 Å². The van der Waals surface area contributed by atoms with Gasteiger partial charge in [-0.3, -0.25) is 4.40 Å². The lowest BCUT2D eigenvalue weighted by Crippen LogP contribution is -1.92. The van der Waals surface area contributed by atoms with Gasteiger partial charge in [-0.15, -0.1) is 14.1 Å². The Labute approximate surface area is 139 Å². The third kappa shape index (κ3) is 2.22. The second-order valence-corrected chi connectivity index (χ2v) is 5.71. The fourth-order valence-corrected chi connectivity index (χ4v) is 3.03. The molecule has 0 spiro atoms. The average Bonchev–Trinajstić information content (AvgIpc) is 3.16. The molecule has 0 saturated carbocycles. The fourth-order valence-electron chi connectivity index (χ4n) is 2.54. The molecule has 0 N–H and O–H groups in total. The Balaban J connectivity index is 2.05. The first-order valence-electron chi connectivity index (χ1n) is 6.55. The van der Waals surface area contributed by atoms with E-state index in [9.17, 15) is 3.89 Å². The predicted octanol–water partition coefficient (Wildman–Crippen LogP) is 3.79. The van der Waals surface area contributed by atoms with Crippen molar-refractivity contribution in [2.24, 2.45) is 0 Å². The molecule has 0 amide bonds. The highest BCUT2D eigenvalue weighted by Crippen LogP contribution is 2.38. The summed E-state index contributed by atoms with van der Waals surface area (Å²) < 4.78 is 21.8. The Kier molecular flexibility index (Phi) is 3.35. The molecule has 4 aromatic rings. The predicted molar refractivity (Wildman–Crippen MR) is 87.4 cm³/mol. The van der Waals surface area contributed by atoms with E-state index in [1.54, 1.807) is 36.2 Å². The molecule has 0 radical (unpaired) electrons. The SMILES string of the molecule is COc1cc2nncn2cc1-c1cn(SF)c2nc(Cl)ccc12. The van der Waals surface area contributed by atoms with E-state index < -0.39 is 0 Å². The lowest BCUT2D eigenvalue weighted by Gasteiger charge is -2.08. The maximum atomic E-state index is 13.2. The molecular weight excluding hydrogens is 341 g/mol. The van der Waals surface area contributed by atoms with Gasteiger partial charge in [0.15, 0.2) is 23.6 Å². The summed E-state index contributed by atoms with van der Waals surface area (Å²) in [7, 11) is 1.57. The summed E-state index contributed by atoms with van der Waals surface area (Å²) in [6.45, 7) is 0. The molecule has 6 nitrogen and oxygen atoms in total. The van der Waals surface area contributed by atoms with Crippen molar-refractivity contribution in [3.8, 4) is 16.9 Å². The van der Waals surface area contributed by atoms with Gasteiger partial charge in [0.2, 0.25) is 0 Å². The monoisotopic (exact) mass is 349 g/mol. The number of halogens is 2. The van der Waals surface area contributed by atoms with Crippen LogP contribution in [0.25, 0.3) is 27.8 Å². The number of aromatic nitrogens is 5. The van der Waals surface area contributed by atoms with Gasteiger partial charge in [-0.05, 0) is 12.1 Å². The van der Waals surface area contributed by atoms with Crippen LogP contribution in [0.2, 0.25) is 5.15 Å². The van der Waals surface area contributed by atoms with Gasteiger partial charge in [0, 0.05) is 35.0 Å². The molecular formula is C14H9ClFN5OS. The molecule has 4 heterocycles. The van der Waals surface area contributed by atoms with E-state index in [1.807, 2.05) is 12.3 Å². The first-order valence-corrected chi connectivity index (χ1v) is 7.61. The number of hydrogen-bond acceptors (Lipinski definition) is 5. The number of nitrogens with zero attached hydrogens (tertiary/aromatic N) is 5. The molecule has 0 bridgehead atoms. The minimum atomic E-state index is 0.0645. The van der Waals surface area contributed by atoms with Crippen LogP contribution in [-0.2, 0) is 0 Å². The van der Waals surface area contributed by atoms with Crippen LogP contribution in [0.1, 0.15) is 0 Å². The maximum Gasteiger partial charge on any atom is 0.171 e. The molecule has 9 heteroatoms. The Morgan fingerprint density at radius 2 is 2.13 bits per heavy atom. The zero-order chi connectivity index (χ0) is 16.0. The van der Waals surface area contributed by atoms with Crippen molar-refractivity contribution >= 4 is 40.6 Å². The summed E-state index contributed by atoms with van der Waals surface area (Å²) in [6.07, 6.45) is 5.09. The van der Waals surface area contributed by atoms with E-state index in [-0.39, 0.29) is 12.3 Å². The van der Waals surface area contributed by atoms with E-state index >= 15 is 0 Å². The number of fused-ring (bicyclic) bond motifs is 2. The van der Waals surface area contributed by atoms with Gasteiger partial charge in [0.05, 0.1) is 7.11 Å². The fraction of sp³-hybridized carbons (Fsp3) is 0.0714. The van der Waals surface area contributed by atoms with Gasteiger partial charge in [-0.25, -0.2) is 8.96 Å². The molecule has 0 aliphatic heterocycles. The summed E-state index contributed by atoms with van der Waals surface area (Å²) >= 11 is 5.99. The molecule has 0 unspecified atom stereocenters. The lowest BCUT2D eigenvalue weighted by atomic mass is 10.1. The van der Waals surface area contributed by atoms with Gasteiger partial charge in [0.1, 0.15) is 17.2 Å². The van der Waals surface area contributed by atoms with Crippen LogP contribution < -0.4 is 4.74 Å². The molecule has 0 aromatic carbocycles. The number of hydrogen-bond donors (Lipinski definition) is 0. The van der Waals surface area contributed by atoms with E-state index in [2.05, 4.69) is 15.2 Å². The summed E-state index contributed by atoms with van der Waals surface area (Å²) in [6, 6.07) is 5.25. The second kappa shape index (κ2) is 5.39. The molecule has 0 atom stereocenters. The van der Waals surface area contributed by atoms with Gasteiger partial charge in [-0.2, -0.15) is 0 Å². The first kappa shape index (κ1) is 14.3. The normalized spacial score (nSPS) is 11.4. The van der Waals surface area contributed by atoms with Gasteiger partial charge in [-0.1, -0.05) is 11.6 Å². The van der Waals surface area contributed by atoms with E-state index in [4.69, 9.17) is 16.3 Å². The van der Waals surface area contributed by atoms with Crippen LogP contribution >= 0.6 is 23.9 Å². The van der Waals surface area contributed by atoms with Gasteiger partial charge >= 0.3 is 0 Å². The number of methoxy groups -OCH3 is 1. The van der Waals surface area contributed by atoms with Crippen LogP contribution in [0.3, 0.4) is 0 Å². The number of rotatable bonds is 3. The second-order valence-electron chi connectivity index (χ2n) is 4.79. The quantitative estimate of drug-likeness (QED) is 0.527. The van der Waals surface area contributed by atoms with Crippen LogP contribution in [-0.4, -0.2) is 30.7 Å². The molecule has 4 aromatic heterocycles. The summed E-state index contributed by atoms with van der Waals surface area (Å²) in [5.41, 5.74) is 2.67. The van der Waals surface area contributed by atoms with Crippen LogP contribution in [0.4, 0.5) is 3.89 Å². The van der Waals surface area contributed by atoms with Crippen LogP contribution in [0, 0.1) is 0 Å². The van der Waals surface area contributed by atoms with Gasteiger partial charge < -0.3 is 4.74 Å². The van der Waals surface area contributed by atoms with Crippen molar-refractivity contribution in [2.75, 3.05) is 7.11 Å². The molecule has 0 fully saturated rings. The van der Waals surface area contributed by atoms with Crippen LogP contribution in [0.15, 0.2) is 36.9 Å². The van der Waals surface area contributed by atoms with E-state index in [0.717, 1.165) is 16.5 Å². The average molecular weight is 350 g/mol. The lowest BCUT2D eigenvalue weighted by molar-refractivity contribution is 0.416. The summed E-state index contributed by atoms with van der Waals surface area (Å²) in [5, 5.41) is 8.93. The highest BCUT2D eigenvalue weighted by molar-refractivity contribution is 7.92. The third-order valence-corrected chi connectivity index (χ3v) is 4.20. The van der Waals surface area contributed by atoms with Crippen molar-refractivity contribution in [1.82, 2.24) is 23.6 Å². The molecule has 0 aliphatic carbocycles. The van der Waals surface area contributed by atoms with Crippen molar-refractivity contribution < 1.29 is 8.62 Å². The number of ether oxygens (including phenoxy) is 1. The molecule has 116 valence electrons. The summed E-state index contributed by atoms with van der Waals surface area (Å²) in [4.78, 5) is 4.20. The van der Waals surface area contributed by atoms with Crippen molar-refractivity contribution in [3.05, 3.63) is 42.1 Å². The maximum absolute atomic E-state index is 13.2. The first-order chi connectivity index (χ1) is 11.2. The van der Waals surface area contributed by atoms with Crippen LogP contribution in [0.5, 0.6) is 5.75 Å². The van der Waals surface area contributed by atoms with Crippen molar-refractivity contribution in [1.29, 1.82) is 0 Å². The Hall–Kier alpha value is -2.32. The minimum absolute atomic E-state index is 0.0645. The van der Waals surface area contributed by atoms with Gasteiger partial charge in [0.25, 0.3) is 0 Å². The third-order valence-electron chi connectivity index (χ3n) is 3.57. The smallest absolute Gasteiger partial charge is 0.171 e. The standard InChI is InChI=1S/C14H9ClFN5OS/c1-22-11-4-13-19-17-7-20(13)5-10(11)9-6-21(23-16)14-8(9)2-3-12(15)18-14/h2-7H,1H3. The zero-order valence-electron chi connectivity index (χ0n) is 11.8. The zero-order valence-corrected chi connectivity index (χ0v) is 13.3. The molecule has 0 saturated heterocycles. The highest BCUT2D eigenvalue weighted by Gasteiger charge is 2.17. The Morgan fingerprint density at radius 1 is 1.26 bits per heavy atom. The Bertz CT molecular complexity index is 1030. The van der Waals surface area contributed by atoms with E-state index in [0.29, 0.717) is 22.2 Å². The Morgan fingerprint density at radius 3 is 2.91 bits per heavy atom. The molecule has 4 rings (SSSR count). The number of pyridine rings is 2. The largest absolute Gasteiger partial charge is 0.496 e.